The standard InChI is InChI=1S/C13H10Cl2F3N3/c14-5-9-11(7-1-2-7)20-21(12(9)15)10-4-3-8(6-19-10)13(16,17)18/h3-4,6-7H,1-2,5H2. The Kier molecular flexibility index (Phi) is 3.61. The largest absolute Gasteiger partial charge is 0.417 e. The maximum absolute atomic E-state index is 12.5. The van der Waals surface area contributed by atoms with Gasteiger partial charge in [0, 0.05) is 17.7 Å². The summed E-state index contributed by atoms with van der Waals surface area (Å²) in [4.78, 5) is 3.80. The SMILES string of the molecule is FC(F)(F)c1ccc(-n2nc(C3CC3)c(CCl)c2Cl)nc1. The van der Waals surface area contributed by atoms with E-state index in [0.29, 0.717) is 11.1 Å². The lowest BCUT2D eigenvalue weighted by Crippen LogP contribution is -2.07. The Bertz CT molecular complexity index is 661. The van der Waals surface area contributed by atoms with Crippen LogP contribution < -0.4 is 0 Å². The minimum Gasteiger partial charge on any atom is -0.236 e. The Morgan fingerprint density at radius 2 is 2.00 bits per heavy atom. The van der Waals surface area contributed by atoms with Crippen LogP contribution in [0.4, 0.5) is 13.2 Å². The summed E-state index contributed by atoms with van der Waals surface area (Å²) >= 11 is 12.1. The highest BCUT2D eigenvalue weighted by molar-refractivity contribution is 6.31. The summed E-state index contributed by atoms with van der Waals surface area (Å²) in [6, 6.07) is 2.20. The van der Waals surface area contributed by atoms with E-state index in [4.69, 9.17) is 23.2 Å². The molecule has 1 aliphatic rings. The number of pyridine rings is 1. The third-order valence-corrected chi connectivity index (χ3v) is 4.00. The highest BCUT2D eigenvalue weighted by Gasteiger charge is 2.33. The molecule has 2 aromatic rings. The molecule has 0 saturated heterocycles. The molecule has 0 N–H and O–H groups in total. The summed E-state index contributed by atoms with van der Waals surface area (Å²) in [5.41, 5.74) is 0.730. The lowest BCUT2D eigenvalue weighted by molar-refractivity contribution is -0.137. The van der Waals surface area contributed by atoms with Gasteiger partial charge in [0.15, 0.2) is 5.82 Å². The maximum Gasteiger partial charge on any atom is 0.417 e. The van der Waals surface area contributed by atoms with Crippen LogP contribution >= 0.6 is 23.2 Å². The summed E-state index contributed by atoms with van der Waals surface area (Å²) in [6.45, 7) is 0. The van der Waals surface area contributed by atoms with Crippen LogP contribution in [-0.4, -0.2) is 14.8 Å². The summed E-state index contributed by atoms with van der Waals surface area (Å²) in [6.07, 6.45) is -1.60. The molecule has 1 saturated carbocycles. The summed E-state index contributed by atoms with van der Waals surface area (Å²) in [5, 5.41) is 4.67. The first kappa shape index (κ1) is 14.7. The predicted octanol–water partition coefficient (Wildman–Crippen LogP) is 4.56. The molecule has 0 atom stereocenters. The van der Waals surface area contributed by atoms with E-state index < -0.39 is 11.7 Å². The second kappa shape index (κ2) is 5.18. The van der Waals surface area contributed by atoms with Gasteiger partial charge in [-0.3, -0.25) is 0 Å². The first-order valence-electron chi connectivity index (χ1n) is 6.28. The van der Waals surface area contributed by atoms with Crippen LogP contribution in [0.3, 0.4) is 0 Å². The zero-order chi connectivity index (χ0) is 15.2. The Morgan fingerprint density at radius 1 is 1.29 bits per heavy atom. The molecule has 0 unspecified atom stereocenters. The fourth-order valence-corrected chi connectivity index (χ4v) is 2.70. The third kappa shape index (κ3) is 2.74. The number of alkyl halides is 4. The van der Waals surface area contributed by atoms with Crippen LogP contribution in [0.25, 0.3) is 5.82 Å². The molecule has 0 spiro atoms. The van der Waals surface area contributed by atoms with Crippen molar-refractivity contribution in [2.45, 2.75) is 30.8 Å². The molecule has 8 heteroatoms. The zero-order valence-electron chi connectivity index (χ0n) is 10.7. The van der Waals surface area contributed by atoms with Crippen molar-refractivity contribution < 1.29 is 13.2 Å². The van der Waals surface area contributed by atoms with Crippen LogP contribution in [0.5, 0.6) is 0 Å². The predicted molar refractivity (Wildman–Crippen MR) is 72.9 cm³/mol. The lowest BCUT2D eigenvalue weighted by atomic mass is 10.2. The van der Waals surface area contributed by atoms with E-state index >= 15 is 0 Å². The van der Waals surface area contributed by atoms with Gasteiger partial charge in [-0.2, -0.15) is 18.3 Å². The van der Waals surface area contributed by atoms with Crippen molar-refractivity contribution in [1.29, 1.82) is 0 Å². The van der Waals surface area contributed by atoms with Crippen LogP contribution in [0, 0.1) is 0 Å². The van der Waals surface area contributed by atoms with Crippen molar-refractivity contribution >= 4 is 23.2 Å². The number of rotatable bonds is 3. The van der Waals surface area contributed by atoms with Crippen molar-refractivity contribution in [3.63, 3.8) is 0 Å². The highest BCUT2D eigenvalue weighted by atomic mass is 35.5. The van der Waals surface area contributed by atoms with Crippen molar-refractivity contribution in [3.8, 4) is 5.82 Å². The van der Waals surface area contributed by atoms with Crippen LogP contribution in [0.2, 0.25) is 5.15 Å². The maximum atomic E-state index is 12.5. The molecule has 0 aliphatic heterocycles. The van der Waals surface area contributed by atoms with Gasteiger partial charge in [-0.15, -0.1) is 11.6 Å². The van der Waals surface area contributed by atoms with Crippen LogP contribution in [-0.2, 0) is 12.1 Å². The van der Waals surface area contributed by atoms with E-state index in [1.54, 1.807) is 0 Å². The fraction of sp³-hybridized carbons (Fsp3) is 0.385. The third-order valence-electron chi connectivity index (χ3n) is 3.34. The van der Waals surface area contributed by atoms with E-state index in [9.17, 15) is 13.2 Å². The average molecular weight is 336 g/mol. The number of hydrogen-bond donors (Lipinski definition) is 0. The molecule has 3 nitrogen and oxygen atoms in total. The van der Waals surface area contributed by atoms with Gasteiger partial charge in [0.05, 0.1) is 17.1 Å². The molecule has 0 bridgehead atoms. The summed E-state index contributed by atoms with van der Waals surface area (Å²) in [7, 11) is 0. The Morgan fingerprint density at radius 3 is 2.48 bits per heavy atom. The number of aromatic nitrogens is 3. The molecule has 21 heavy (non-hydrogen) atoms. The topological polar surface area (TPSA) is 30.7 Å². The van der Waals surface area contributed by atoms with Crippen LogP contribution in [0.1, 0.15) is 35.6 Å². The summed E-state index contributed by atoms with van der Waals surface area (Å²) in [5.74, 6) is 0.795. The number of hydrogen-bond acceptors (Lipinski definition) is 2. The first-order valence-corrected chi connectivity index (χ1v) is 7.20. The number of halogens is 5. The van der Waals surface area contributed by atoms with Crippen molar-refractivity contribution in [2.75, 3.05) is 0 Å². The molecule has 1 fully saturated rings. The molecule has 2 heterocycles. The minimum absolute atomic E-state index is 0.214. The Hall–Kier alpha value is -1.27. The molecule has 112 valence electrons. The first-order chi connectivity index (χ1) is 9.91. The van der Waals surface area contributed by atoms with Gasteiger partial charge < -0.3 is 0 Å². The number of nitrogens with zero attached hydrogens (tertiary/aromatic N) is 3. The summed E-state index contributed by atoms with van der Waals surface area (Å²) < 4.78 is 38.9. The van der Waals surface area contributed by atoms with E-state index in [2.05, 4.69) is 10.1 Å². The van der Waals surface area contributed by atoms with Crippen molar-refractivity contribution in [3.05, 3.63) is 40.3 Å². The van der Waals surface area contributed by atoms with E-state index in [0.717, 1.165) is 36.4 Å². The zero-order valence-corrected chi connectivity index (χ0v) is 12.2. The van der Waals surface area contributed by atoms with Crippen molar-refractivity contribution in [1.82, 2.24) is 14.8 Å². The normalized spacial score (nSPS) is 15.5. The molecule has 2 aromatic heterocycles. The molecule has 0 aromatic carbocycles. The monoisotopic (exact) mass is 335 g/mol. The lowest BCUT2D eigenvalue weighted by Gasteiger charge is -2.07. The second-order valence-electron chi connectivity index (χ2n) is 4.88. The van der Waals surface area contributed by atoms with Gasteiger partial charge in [0.25, 0.3) is 0 Å². The average Bonchev–Trinajstić information content (AvgIpc) is 3.22. The molecule has 0 amide bonds. The van der Waals surface area contributed by atoms with Crippen molar-refractivity contribution in [2.24, 2.45) is 0 Å². The molecular formula is C13H10Cl2F3N3. The van der Waals surface area contributed by atoms with E-state index in [-0.39, 0.29) is 11.7 Å². The van der Waals surface area contributed by atoms with Gasteiger partial charge >= 0.3 is 6.18 Å². The van der Waals surface area contributed by atoms with Gasteiger partial charge in [-0.1, -0.05) is 11.6 Å². The second-order valence-corrected chi connectivity index (χ2v) is 5.50. The Labute approximate surface area is 128 Å². The fourth-order valence-electron chi connectivity index (χ4n) is 2.08. The van der Waals surface area contributed by atoms with Gasteiger partial charge in [0.2, 0.25) is 0 Å². The smallest absolute Gasteiger partial charge is 0.236 e. The van der Waals surface area contributed by atoms with Gasteiger partial charge in [0.1, 0.15) is 5.15 Å². The minimum atomic E-state index is -4.42. The highest BCUT2D eigenvalue weighted by Crippen LogP contribution is 2.43. The molecular weight excluding hydrogens is 326 g/mol. The van der Waals surface area contributed by atoms with E-state index in [1.807, 2.05) is 0 Å². The van der Waals surface area contributed by atoms with E-state index in [1.165, 1.54) is 10.7 Å². The Balaban J connectivity index is 2.00. The quantitative estimate of drug-likeness (QED) is 0.770. The molecule has 3 rings (SSSR count). The van der Waals surface area contributed by atoms with Gasteiger partial charge in [-0.25, -0.2) is 9.67 Å². The van der Waals surface area contributed by atoms with Gasteiger partial charge in [-0.05, 0) is 25.0 Å². The molecule has 1 aliphatic carbocycles. The van der Waals surface area contributed by atoms with Crippen LogP contribution in [0.15, 0.2) is 18.3 Å². The molecule has 0 radical (unpaired) electrons.